The van der Waals surface area contributed by atoms with Crippen LogP contribution in [0.25, 0.3) is 0 Å². The van der Waals surface area contributed by atoms with Crippen molar-refractivity contribution in [2.75, 3.05) is 32.8 Å². The maximum atomic E-state index is 12.5. The first-order chi connectivity index (χ1) is 11.7. The molecule has 1 aromatic rings. The van der Waals surface area contributed by atoms with Gasteiger partial charge in [0.25, 0.3) is 0 Å². The summed E-state index contributed by atoms with van der Waals surface area (Å²) in [5.74, 6) is 0.807. The number of amides is 2. The molecule has 0 radical (unpaired) electrons. The molecule has 24 heavy (non-hydrogen) atoms. The molecule has 2 amide bonds. The number of urea groups is 1. The first kappa shape index (κ1) is 18.7. The van der Waals surface area contributed by atoms with Crippen molar-refractivity contribution in [1.29, 1.82) is 0 Å². The number of hydrogen-bond donors (Lipinski definition) is 2. The molecule has 2 rings (SSSR count). The number of nitrogens with one attached hydrogen (secondary N) is 1. The van der Waals surface area contributed by atoms with Crippen LogP contribution in [0.2, 0.25) is 0 Å². The second kappa shape index (κ2) is 9.64. The van der Waals surface area contributed by atoms with Gasteiger partial charge in [0.1, 0.15) is 5.82 Å². The monoisotopic (exact) mass is 337 g/mol. The molecule has 2 heterocycles. The third-order valence-corrected chi connectivity index (χ3v) is 4.78. The number of nitrogens with zero attached hydrogens (tertiary/aromatic N) is 4. The Morgan fingerprint density at radius 2 is 2.17 bits per heavy atom. The highest BCUT2D eigenvalue weighted by Crippen LogP contribution is 2.14. The molecular weight excluding hydrogens is 306 g/mol. The van der Waals surface area contributed by atoms with Gasteiger partial charge in [-0.05, 0) is 32.4 Å². The van der Waals surface area contributed by atoms with Gasteiger partial charge < -0.3 is 19.9 Å². The first-order valence-electron chi connectivity index (χ1n) is 8.99. The van der Waals surface area contributed by atoms with Crippen molar-refractivity contribution in [3.63, 3.8) is 0 Å². The summed E-state index contributed by atoms with van der Waals surface area (Å²) >= 11 is 0. The predicted octanol–water partition coefficient (Wildman–Crippen LogP) is 1.19. The minimum Gasteiger partial charge on any atom is -0.395 e. The second-order valence-electron chi connectivity index (χ2n) is 6.44. The number of carbonyl (C=O) groups is 1. The van der Waals surface area contributed by atoms with Crippen LogP contribution >= 0.6 is 0 Å². The van der Waals surface area contributed by atoms with Gasteiger partial charge in [-0.2, -0.15) is 0 Å². The third kappa shape index (κ3) is 5.21. The van der Waals surface area contributed by atoms with Crippen LogP contribution in [-0.2, 0) is 13.6 Å². The van der Waals surface area contributed by atoms with Gasteiger partial charge in [-0.15, -0.1) is 0 Å². The second-order valence-corrected chi connectivity index (χ2v) is 6.44. The summed E-state index contributed by atoms with van der Waals surface area (Å²) in [4.78, 5) is 20.9. The van der Waals surface area contributed by atoms with Crippen LogP contribution in [0.1, 0.15) is 38.4 Å². The zero-order valence-electron chi connectivity index (χ0n) is 14.9. The van der Waals surface area contributed by atoms with E-state index in [0.29, 0.717) is 25.7 Å². The number of imidazole rings is 1. The highest BCUT2D eigenvalue weighted by atomic mass is 16.3. The molecule has 0 bridgehead atoms. The SMILES string of the molecule is CC[C@H](CNC(=O)N(CCO)Cc1nccn1C)N1CCCCC1. The summed E-state index contributed by atoms with van der Waals surface area (Å²) in [6.45, 7) is 5.73. The molecule has 0 spiro atoms. The molecule has 1 aliphatic heterocycles. The molecule has 136 valence electrons. The highest BCUT2D eigenvalue weighted by molar-refractivity contribution is 5.74. The van der Waals surface area contributed by atoms with E-state index in [2.05, 4.69) is 22.1 Å². The maximum absolute atomic E-state index is 12.5. The molecule has 1 aromatic heterocycles. The summed E-state index contributed by atoms with van der Waals surface area (Å²) in [6, 6.07) is 0.251. The van der Waals surface area contributed by atoms with Crippen molar-refractivity contribution in [1.82, 2.24) is 24.7 Å². The average molecular weight is 337 g/mol. The Kier molecular flexibility index (Phi) is 7.52. The van der Waals surface area contributed by atoms with E-state index < -0.39 is 0 Å². The number of carbonyl (C=O) groups excluding carboxylic acids is 1. The fraction of sp³-hybridized carbons (Fsp3) is 0.765. The van der Waals surface area contributed by atoms with Crippen LogP contribution < -0.4 is 5.32 Å². The van der Waals surface area contributed by atoms with Crippen molar-refractivity contribution >= 4 is 6.03 Å². The van der Waals surface area contributed by atoms with E-state index in [1.807, 2.05) is 17.8 Å². The van der Waals surface area contributed by atoms with E-state index in [-0.39, 0.29) is 12.6 Å². The lowest BCUT2D eigenvalue weighted by molar-refractivity contribution is 0.145. The fourth-order valence-corrected chi connectivity index (χ4v) is 3.22. The summed E-state index contributed by atoms with van der Waals surface area (Å²) in [5, 5.41) is 12.3. The molecule has 0 aromatic carbocycles. The lowest BCUT2D eigenvalue weighted by atomic mass is 10.1. The van der Waals surface area contributed by atoms with Crippen molar-refractivity contribution in [2.45, 2.75) is 45.2 Å². The lowest BCUT2D eigenvalue weighted by Crippen LogP contribution is -2.49. The van der Waals surface area contributed by atoms with Gasteiger partial charge in [-0.1, -0.05) is 13.3 Å². The van der Waals surface area contributed by atoms with Gasteiger partial charge in [0, 0.05) is 38.6 Å². The summed E-state index contributed by atoms with van der Waals surface area (Å²) < 4.78 is 1.89. The Balaban J connectivity index is 1.88. The normalized spacial score (nSPS) is 16.8. The minimum atomic E-state index is -0.137. The molecule has 2 N–H and O–H groups in total. The van der Waals surface area contributed by atoms with Gasteiger partial charge in [-0.25, -0.2) is 9.78 Å². The zero-order chi connectivity index (χ0) is 17.4. The van der Waals surface area contributed by atoms with Gasteiger partial charge >= 0.3 is 6.03 Å². The molecule has 0 aliphatic carbocycles. The molecule has 1 saturated heterocycles. The number of hydrogen-bond acceptors (Lipinski definition) is 4. The van der Waals surface area contributed by atoms with E-state index in [0.717, 1.165) is 25.3 Å². The number of likely N-dealkylation sites (tertiary alicyclic amines) is 1. The Morgan fingerprint density at radius 3 is 2.75 bits per heavy atom. The van der Waals surface area contributed by atoms with E-state index in [4.69, 9.17) is 0 Å². The molecule has 0 saturated carbocycles. The maximum Gasteiger partial charge on any atom is 0.317 e. The number of piperidine rings is 1. The van der Waals surface area contributed by atoms with Crippen LogP contribution in [0, 0.1) is 0 Å². The standard InChI is InChI=1S/C17H31N5O2/c1-3-15(21-8-5-4-6-9-21)13-19-17(24)22(11-12-23)14-16-18-7-10-20(16)2/h7,10,15,23H,3-6,8-9,11-14H2,1-2H3,(H,19,24)/t15-/m1/s1. The number of aromatic nitrogens is 2. The molecule has 1 aliphatic rings. The fourth-order valence-electron chi connectivity index (χ4n) is 3.22. The van der Waals surface area contributed by atoms with Crippen molar-refractivity contribution in [2.24, 2.45) is 7.05 Å². The van der Waals surface area contributed by atoms with Gasteiger partial charge in [0.05, 0.1) is 13.2 Å². The smallest absolute Gasteiger partial charge is 0.317 e. The van der Waals surface area contributed by atoms with Crippen LogP contribution in [-0.4, -0.2) is 69.3 Å². The van der Waals surface area contributed by atoms with Crippen molar-refractivity contribution in [3.05, 3.63) is 18.2 Å². The molecule has 1 fully saturated rings. The van der Waals surface area contributed by atoms with E-state index in [9.17, 15) is 9.90 Å². The Hall–Kier alpha value is -1.60. The van der Waals surface area contributed by atoms with Crippen molar-refractivity contribution in [3.8, 4) is 0 Å². The lowest BCUT2D eigenvalue weighted by Gasteiger charge is -2.34. The van der Waals surface area contributed by atoms with Gasteiger partial charge in [0.15, 0.2) is 0 Å². The summed E-state index contributed by atoms with van der Waals surface area (Å²) in [6.07, 6.45) is 8.41. The number of aliphatic hydroxyl groups excluding tert-OH is 1. The van der Waals surface area contributed by atoms with Crippen LogP contribution in [0.4, 0.5) is 4.79 Å². The molecular formula is C17H31N5O2. The van der Waals surface area contributed by atoms with E-state index in [1.165, 1.54) is 19.3 Å². The predicted molar refractivity (Wildman–Crippen MR) is 93.6 cm³/mol. The number of aliphatic hydroxyl groups is 1. The average Bonchev–Trinajstić information content (AvgIpc) is 3.00. The molecule has 0 unspecified atom stereocenters. The van der Waals surface area contributed by atoms with Crippen LogP contribution in [0.15, 0.2) is 12.4 Å². The molecule has 7 nitrogen and oxygen atoms in total. The Morgan fingerprint density at radius 1 is 1.42 bits per heavy atom. The topological polar surface area (TPSA) is 73.6 Å². The van der Waals surface area contributed by atoms with E-state index >= 15 is 0 Å². The summed E-state index contributed by atoms with van der Waals surface area (Å²) in [5.41, 5.74) is 0. The third-order valence-electron chi connectivity index (χ3n) is 4.78. The van der Waals surface area contributed by atoms with Crippen LogP contribution in [0.5, 0.6) is 0 Å². The first-order valence-corrected chi connectivity index (χ1v) is 8.99. The highest BCUT2D eigenvalue weighted by Gasteiger charge is 2.21. The molecule has 7 heteroatoms. The zero-order valence-corrected chi connectivity index (χ0v) is 14.9. The Labute approximate surface area is 144 Å². The molecule has 1 atom stereocenters. The number of aryl methyl sites for hydroxylation is 1. The van der Waals surface area contributed by atoms with Gasteiger partial charge in [0.2, 0.25) is 0 Å². The van der Waals surface area contributed by atoms with E-state index in [1.54, 1.807) is 11.1 Å². The Bertz CT molecular complexity index is 499. The minimum absolute atomic E-state index is 0.0544. The summed E-state index contributed by atoms with van der Waals surface area (Å²) in [7, 11) is 1.90. The number of rotatable bonds is 8. The quantitative estimate of drug-likeness (QED) is 0.747. The van der Waals surface area contributed by atoms with Gasteiger partial charge in [-0.3, -0.25) is 4.90 Å². The largest absolute Gasteiger partial charge is 0.395 e. The van der Waals surface area contributed by atoms with Crippen LogP contribution in [0.3, 0.4) is 0 Å². The van der Waals surface area contributed by atoms with Crippen molar-refractivity contribution < 1.29 is 9.90 Å².